The maximum Gasteiger partial charge on any atom is 0.169 e. The van der Waals surface area contributed by atoms with Gasteiger partial charge in [0.25, 0.3) is 0 Å². The minimum Gasteiger partial charge on any atom is -0.398 e. The number of nitrogen functional groups attached to an aromatic ring is 1. The van der Waals surface area contributed by atoms with E-state index < -0.39 is 0 Å². The Morgan fingerprint density at radius 1 is 1.25 bits per heavy atom. The predicted molar refractivity (Wildman–Crippen MR) is 63.0 cm³/mol. The van der Waals surface area contributed by atoms with E-state index in [-0.39, 0.29) is 5.78 Å². The summed E-state index contributed by atoms with van der Waals surface area (Å²) in [5.74, 6) is 0.00829. The lowest BCUT2D eigenvalue weighted by Gasteiger charge is -2.03. The molecule has 0 atom stereocenters. The van der Waals surface area contributed by atoms with Gasteiger partial charge in [-0.1, -0.05) is 30.3 Å². The molecule has 0 amide bonds. The molecule has 0 saturated carbocycles. The quantitative estimate of drug-likeness (QED) is 0.622. The highest BCUT2D eigenvalue weighted by atomic mass is 16.1. The lowest BCUT2D eigenvalue weighted by Crippen LogP contribution is -2.06. The molecule has 0 bridgehead atoms. The van der Waals surface area contributed by atoms with Crippen molar-refractivity contribution in [2.45, 2.75) is 6.42 Å². The highest BCUT2D eigenvalue weighted by Gasteiger charge is 2.09. The van der Waals surface area contributed by atoms with Gasteiger partial charge in [-0.15, -0.1) is 0 Å². The summed E-state index contributed by atoms with van der Waals surface area (Å²) in [6, 6.07) is 18.3. The first-order valence-corrected chi connectivity index (χ1v) is 5.02. The lowest BCUT2D eigenvalue weighted by atomic mass is 10.0. The highest BCUT2D eigenvalue weighted by Crippen LogP contribution is 2.13. The largest absolute Gasteiger partial charge is 0.398 e. The molecule has 0 aromatic heterocycles. The minimum absolute atomic E-state index is 0.00829. The molecule has 16 heavy (non-hydrogen) atoms. The number of hydrogen-bond acceptors (Lipinski definition) is 2. The fourth-order valence-electron chi connectivity index (χ4n) is 1.51. The molecule has 2 aromatic carbocycles. The monoisotopic (exact) mass is 209 g/mol. The normalized spacial score (nSPS) is 10.0. The van der Waals surface area contributed by atoms with Crippen LogP contribution >= 0.6 is 0 Å². The topological polar surface area (TPSA) is 43.1 Å². The first-order valence-electron chi connectivity index (χ1n) is 5.02. The molecule has 0 unspecified atom stereocenters. The maximum absolute atomic E-state index is 11.9. The van der Waals surface area contributed by atoms with E-state index in [1.54, 1.807) is 30.3 Å². The Bertz CT molecular complexity index is 491. The van der Waals surface area contributed by atoms with Gasteiger partial charge in [0.2, 0.25) is 0 Å². The lowest BCUT2D eigenvalue weighted by molar-refractivity contribution is 0.0994. The van der Waals surface area contributed by atoms with Crippen LogP contribution in [0.5, 0.6) is 0 Å². The van der Waals surface area contributed by atoms with Crippen molar-refractivity contribution < 1.29 is 4.79 Å². The van der Waals surface area contributed by atoms with Crippen LogP contribution < -0.4 is 5.73 Å². The van der Waals surface area contributed by atoms with Gasteiger partial charge in [-0.05, 0) is 29.8 Å². The Morgan fingerprint density at radius 2 is 2.06 bits per heavy atom. The SMILES string of the molecule is Nc1ccccc1C(=O)Cc1[c]cc[c]c1. The van der Waals surface area contributed by atoms with Crippen molar-refractivity contribution in [2.75, 3.05) is 5.73 Å². The van der Waals surface area contributed by atoms with Crippen molar-refractivity contribution >= 4 is 11.5 Å². The van der Waals surface area contributed by atoms with Crippen LogP contribution in [0.1, 0.15) is 15.9 Å². The number of carbonyl (C=O) groups excluding carboxylic acids is 1. The first-order chi connectivity index (χ1) is 7.77. The third-order valence-corrected chi connectivity index (χ3v) is 2.32. The van der Waals surface area contributed by atoms with E-state index in [0.717, 1.165) is 5.56 Å². The van der Waals surface area contributed by atoms with E-state index in [0.29, 0.717) is 17.7 Å². The summed E-state index contributed by atoms with van der Waals surface area (Å²) in [6.07, 6.45) is 0.311. The highest BCUT2D eigenvalue weighted by molar-refractivity contribution is 6.01. The van der Waals surface area contributed by atoms with Crippen molar-refractivity contribution in [3.63, 3.8) is 0 Å². The molecule has 0 aliphatic carbocycles. The fourth-order valence-corrected chi connectivity index (χ4v) is 1.51. The van der Waals surface area contributed by atoms with Gasteiger partial charge in [-0.2, -0.15) is 0 Å². The molecule has 2 radical (unpaired) electrons. The van der Waals surface area contributed by atoms with Gasteiger partial charge in [0, 0.05) is 17.7 Å². The van der Waals surface area contributed by atoms with Crippen LogP contribution in [0.15, 0.2) is 42.5 Å². The van der Waals surface area contributed by atoms with Gasteiger partial charge in [0.1, 0.15) is 0 Å². The second-order valence-corrected chi connectivity index (χ2v) is 3.50. The first kappa shape index (κ1) is 10.4. The standard InChI is InChI=1S/C14H11NO/c15-13-9-5-4-8-12(13)14(16)10-11-6-2-1-3-7-11/h1-2,4-5,7-9H,10,15H2. The third-order valence-electron chi connectivity index (χ3n) is 2.32. The van der Waals surface area contributed by atoms with E-state index in [2.05, 4.69) is 12.1 Å². The zero-order valence-electron chi connectivity index (χ0n) is 8.73. The van der Waals surface area contributed by atoms with Gasteiger partial charge in [-0.25, -0.2) is 0 Å². The molecule has 0 heterocycles. The fraction of sp³-hybridized carbons (Fsp3) is 0.0714. The molecule has 2 N–H and O–H groups in total. The number of hydrogen-bond donors (Lipinski definition) is 1. The minimum atomic E-state index is 0.00829. The van der Waals surface area contributed by atoms with Crippen LogP contribution in [0.2, 0.25) is 0 Å². The van der Waals surface area contributed by atoms with Gasteiger partial charge in [-0.3, -0.25) is 4.79 Å². The molecule has 0 spiro atoms. The molecule has 0 aliphatic heterocycles. The Hall–Kier alpha value is -2.09. The van der Waals surface area contributed by atoms with Gasteiger partial charge < -0.3 is 5.73 Å². The van der Waals surface area contributed by atoms with Crippen LogP contribution in [-0.2, 0) is 6.42 Å². The summed E-state index contributed by atoms with van der Waals surface area (Å²) in [7, 11) is 0. The van der Waals surface area contributed by atoms with Crippen LogP contribution in [0.25, 0.3) is 0 Å². The van der Waals surface area contributed by atoms with Crippen molar-refractivity contribution in [1.29, 1.82) is 0 Å². The second kappa shape index (κ2) is 4.62. The Kier molecular flexibility index (Phi) is 3.01. The van der Waals surface area contributed by atoms with Gasteiger partial charge in [0.05, 0.1) is 0 Å². The molecule has 0 fully saturated rings. The smallest absolute Gasteiger partial charge is 0.169 e. The number of benzene rings is 2. The van der Waals surface area contributed by atoms with E-state index >= 15 is 0 Å². The number of nitrogens with two attached hydrogens (primary N) is 1. The second-order valence-electron chi connectivity index (χ2n) is 3.50. The van der Waals surface area contributed by atoms with Crippen molar-refractivity contribution in [2.24, 2.45) is 0 Å². The maximum atomic E-state index is 11.9. The van der Waals surface area contributed by atoms with Crippen molar-refractivity contribution in [1.82, 2.24) is 0 Å². The molecular weight excluding hydrogens is 198 g/mol. The predicted octanol–water partition coefficient (Wildman–Crippen LogP) is 2.29. The number of carbonyl (C=O) groups is 1. The summed E-state index contributed by atoms with van der Waals surface area (Å²) < 4.78 is 0. The Balaban J connectivity index is 2.19. The number of anilines is 1. The van der Waals surface area contributed by atoms with Crippen molar-refractivity contribution in [3.05, 3.63) is 65.7 Å². The summed E-state index contributed by atoms with van der Waals surface area (Å²) in [4.78, 5) is 11.9. The molecule has 2 heteroatoms. The summed E-state index contributed by atoms with van der Waals surface area (Å²) in [5, 5.41) is 0. The van der Waals surface area contributed by atoms with E-state index in [9.17, 15) is 4.79 Å². The number of ketones is 1. The molecule has 2 aromatic rings. The molecule has 78 valence electrons. The van der Waals surface area contributed by atoms with Gasteiger partial charge in [0.15, 0.2) is 5.78 Å². The molecule has 2 rings (SSSR count). The average Bonchev–Trinajstić information content (AvgIpc) is 2.31. The number of Topliss-reactive ketones (excluding diaryl/α,β-unsaturated/α-hetero) is 1. The number of para-hydroxylation sites is 1. The van der Waals surface area contributed by atoms with Crippen LogP contribution in [0.4, 0.5) is 5.69 Å². The van der Waals surface area contributed by atoms with Crippen LogP contribution in [0, 0.1) is 12.1 Å². The number of rotatable bonds is 3. The zero-order chi connectivity index (χ0) is 11.4. The molecular formula is C14H11NO. The Morgan fingerprint density at radius 3 is 2.75 bits per heavy atom. The van der Waals surface area contributed by atoms with E-state index in [1.807, 2.05) is 12.1 Å². The average molecular weight is 209 g/mol. The molecule has 0 aliphatic rings. The summed E-state index contributed by atoms with van der Waals surface area (Å²) in [5.41, 5.74) is 7.66. The summed E-state index contributed by atoms with van der Waals surface area (Å²) in [6.45, 7) is 0. The third kappa shape index (κ3) is 2.28. The summed E-state index contributed by atoms with van der Waals surface area (Å²) >= 11 is 0. The molecule has 2 nitrogen and oxygen atoms in total. The van der Waals surface area contributed by atoms with Gasteiger partial charge >= 0.3 is 0 Å². The van der Waals surface area contributed by atoms with Crippen molar-refractivity contribution in [3.8, 4) is 0 Å². The van der Waals surface area contributed by atoms with Crippen LogP contribution in [-0.4, -0.2) is 5.78 Å². The Labute approximate surface area is 94.7 Å². The van der Waals surface area contributed by atoms with Crippen LogP contribution in [0.3, 0.4) is 0 Å². The zero-order valence-corrected chi connectivity index (χ0v) is 8.73. The van der Waals surface area contributed by atoms with E-state index in [1.165, 1.54) is 0 Å². The molecule has 0 saturated heterocycles. The van der Waals surface area contributed by atoms with E-state index in [4.69, 9.17) is 5.73 Å².